The minimum atomic E-state index is -0.607. The molecule has 1 aromatic heterocycles. The Morgan fingerprint density at radius 2 is 1.70 bits per heavy atom. The molecule has 0 unspecified atom stereocenters. The lowest BCUT2D eigenvalue weighted by Gasteiger charge is -2.15. The highest BCUT2D eigenvalue weighted by atomic mass is 19.1. The number of carbonyl (C=O) groups excluding carboxylic acids is 1. The van der Waals surface area contributed by atoms with Gasteiger partial charge in [0.2, 0.25) is 5.91 Å². The van der Waals surface area contributed by atoms with E-state index in [9.17, 15) is 13.6 Å². The molecule has 102 valence electrons. The Morgan fingerprint density at radius 1 is 1.05 bits per heavy atom. The highest BCUT2D eigenvalue weighted by molar-refractivity contribution is 6.00. The number of carbonyl (C=O) groups is 1. The summed E-state index contributed by atoms with van der Waals surface area (Å²) in [6, 6.07) is 8.59. The van der Waals surface area contributed by atoms with Crippen molar-refractivity contribution in [3.8, 4) is 0 Å². The first-order valence-corrected chi connectivity index (χ1v) is 6.29. The molecular weight excluding hydrogens is 262 g/mol. The Morgan fingerprint density at radius 3 is 2.25 bits per heavy atom. The fraction of sp³-hybridized carbons (Fsp3) is 0.200. The smallest absolute Gasteiger partial charge is 0.236 e. The molecule has 1 aromatic carbocycles. The van der Waals surface area contributed by atoms with Gasteiger partial charge in [-0.2, -0.15) is 0 Å². The molecule has 3 rings (SSSR count). The van der Waals surface area contributed by atoms with E-state index in [4.69, 9.17) is 0 Å². The summed E-state index contributed by atoms with van der Waals surface area (Å²) in [4.78, 5) is 16.1. The first-order chi connectivity index (χ1) is 9.60. The second-order valence-electron chi connectivity index (χ2n) is 4.90. The van der Waals surface area contributed by atoms with Crippen LogP contribution in [0.1, 0.15) is 18.4 Å². The molecule has 2 aromatic rings. The van der Waals surface area contributed by atoms with Gasteiger partial charge in [0.15, 0.2) is 0 Å². The molecule has 0 atom stereocenters. The average Bonchev–Trinajstić information content (AvgIpc) is 3.24. The third-order valence-electron chi connectivity index (χ3n) is 3.55. The summed E-state index contributed by atoms with van der Waals surface area (Å²) in [7, 11) is 0. The van der Waals surface area contributed by atoms with E-state index in [1.165, 1.54) is 24.3 Å². The SMILES string of the molecule is O=C(Nc1ccc(F)cn1)C1(c2ccc(F)cc2)CC1. The molecule has 1 aliphatic rings. The van der Waals surface area contributed by atoms with Gasteiger partial charge in [0, 0.05) is 0 Å². The van der Waals surface area contributed by atoms with Gasteiger partial charge in [0.25, 0.3) is 0 Å². The van der Waals surface area contributed by atoms with Gasteiger partial charge in [-0.15, -0.1) is 0 Å². The van der Waals surface area contributed by atoms with Gasteiger partial charge in [0.05, 0.1) is 11.6 Å². The summed E-state index contributed by atoms with van der Waals surface area (Å²) in [5.41, 5.74) is 0.183. The summed E-state index contributed by atoms with van der Waals surface area (Å²) >= 11 is 0. The number of nitrogens with zero attached hydrogens (tertiary/aromatic N) is 1. The van der Waals surface area contributed by atoms with E-state index < -0.39 is 11.2 Å². The molecule has 1 fully saturated rings. The van der Waals surface area contributed by atoms with Gasteiger partial charge in [0.1, 0.15) is 17.5 Å². The number of rotatable bonds is 3. The molecule has 1 N–H and O–H groups in total. The Balaban J connectivity index is 1.79. The van der Waals surface area contributed by atoms with Gasteiger partial charge in [-0.1, -0.05) is 12.1 Å². The quantitative estimate of drug-likeness (QED) is 0.934. The molecule has 0 bridgehead atoms. The summed E-state index contributed by atoms with van der Waals surface area (Å²) in [6.07, 6.45) is 2.48. The van der Waals surface area contributed by atoms with Crippen molar-refractivity contribution in [1.82, 2.24) is 4.98 Å². The lowest BCUT2D eigenvalue weighted by atomic mass is 9.95. The average molecular weight is 274 g/mol. The normalized spacial score (nSPS) is 15.7. The van der Waals surface area contributed by atoms with Crippen molar-refractivity contribution in [3.05, 3.63) is 59.8 Å². The van der Waals surface area contributed by atoms with Crippen LogP contribution in [0.25, 0.3) is 0 Å². The first-order valence-electron chi connectivity index (χ1n) is 6.29. The van der Waals surface area contributed by atoms with Crippen LogP contribution in [-0.2, 0) is 10.2 Å². The van der Waals surface area contributed by atoms with E-state index >= 15 is 0 Å². The van der Waals surface area contributed by atoms with Crippen LogP contribution in [0.5, 0.6) is 0 Å². The topological polar surface area (TPSA) is 42.0 Å². The third kappa shape index (κ3) is 2.27. The maximum atomic E-state index is 12.9. The molecule has 5 heteroatoms. The lowest BCUT2D eigenvalue weighted by molar-refractivity contribution is -0.118. The summed E-state index contributed by atoms with van der Waals surface area (Å²) in [5.74, 6) is -0.666. The van der Waals surface area contributed by atoms with Gasteiger partial charge in [-0.3, -0.25) is 4.79 Å². The molecule has 3 nitrogen and oxygen atoms in total. The third-order valence-corrected chi connectivity index (χ3v) is 3.55. The minimum absolute atomic E-state index is 0.191. The zero-order valence-corrected chi connectivity index (χ0v) is 10.6. The Kier molecular flexibility index (Phi) is 2.97. The fourth-order valence-corrected chi connectivity index (χ4v) is 2.23. The highest BCUT2D eigenvalue weighted by Crippen LogP contribution is 2.48. The zero-order valence-electron chi connectivity index (χ0n) is 10.6. The molecule has 0 radical (unpaired) electrons. The van der Waals surface area contributed by atoms with Gasteiger partial charge >= 0.3 is 0 Å². The largest absolute Gasteiger partial charge is 0.310 e. The number of halogens is 2. The highest BCUT2D eigenvalue weighted by Gasteiger charge is 2.51. The van der Waals surface area contributed by atoms with Crippen molar-refractivity contribution < 1.29 is 13.6 Å². The molecule has 0 aliphatic heterocycles. The van der Waals surface area contributed by atoms with Gasteiger partial charge in [-0.25, -0.2) is 13.8 Å². The number of nitrogens with one attached hydrogen (secondary N) is 1. The Hall–Kier alpha value is -2.30. The van der Waals surface area contributed by atoms with E-state index in [1.807, 2.05) is 0 Å². The number of pyridine rings is 1. The molecule has 20 heavy (non-hydrogen) atoms. The van der Waals surface area contributed by atoms with Gasteiger partial charge < -0.3 is 5.32 Å². The molecule has 1 amide bonds. The maximum Gasteiger partial charge on any atom is 0.236 e. The number of hydrogen-bond acceptors (Lipinski definition) is 2. The van der Waals surface area contributed by atoms with Crippen LogP contribution >= 0.6 is 0 Å². The Bertz CT molecular complexity index is 634. The van der Waals surface area contributed by atoms with Crippen LogP contribution in [0.15, 0.2) is 42.6 Å². The molecule has 0 saturated heterocycles. The molecule has 1 aliphatic carbocycles. The maximum absolute atomic E-state index is 12.9. The van der Waals surface area contributed by atoms with Crippen LogP contribution < -0.4 is 5.32 Å². The van der Waals surface area contributed by atoms with Crippen molar-refractivity contribution in [2.75, 3.05) is 5.32 Å². The van der Waals surface area contributed by atoms with Crippen molar-refractivity contribution in [2.24, 2.45) is 0 Å². The number of anilines is 1. The van der Waals surface area contributed by atoms with Crippen molar-refractivity contribution in [2.45, 2.75) is 18.3 Å². The van der Waals surface area contributed by atoms with E-state index in [-0.39, 0.29) is 11.7 Å². The van der Waals surface area contributed by atoms with E-state index in [1.54, 1.807) is 12.1 Å². The summed E-state index contributed by atoms with van der Waals surface area (Å²) in [5, 5.41) is 2.67. The number of benzene rings is 1. The monoisotopic (exact) mass is 274 g/mol. The fourth-order valence-electron chi connectivity index (χ4n) is 2.23. The Labute approximate surface area is 114 Å². The number of hydrogen-bond donors (Lipinski definition) is 1. The predicted octanol–water partition coefficient (Wildman–Crippen LogP) is 3.03. The zero-order chi connectivity index (χ0) is 14.2. The van der Waals surface area contributed by atoms with Crippen LogP contribution in [0, 0.1) is 11.6 Å². The summed E-state index contributed by atoms with van der Waals surface area (Å²) < 4.78 is 25.7. The van der Waals surface area contributed by atoms with Crippen LogP contribution in [-0.4, -0.2) is 10.9 Å². The van der Waals surface area contributed by atoms with Crippen LogP contribution in [0.3, 0.4) is 0 Å². The predicted molar refractivity (Wildman–Crippen MR) is 70.1 cm³/mol. The van der Waals surface area contributed by atoms with E-state index in [0.29, 0.717) is 18.7 Å². The van der Waals surface area contributed by atoms with Crippen molar-refractivity contribution in [1.29, 1.82) is 0 Å². The van der Waals surface area contributed by atoms with E-state index in [0.717, 1.165) is 11.8 Å². The molecule has 1 saturated carbocycles. The van der Waals surface area contributed by atoms with Crippen molar-refractivity contribution in [3.63, 3.8) is 0 Å². The minimum Gasteiger partial charge on any atom is -0.310 e. The number of aromatic nitrogens is 1. The second kappa shape index (κ2) is 4.67. The second-order valence-corrected chi connectivity index (χ2v) is 4.90. The molecule has 0 spiro atoms. The molecule has 1 heterocycles. The van der Waals surface area contributed by atoms with E-state index in [2.05, 4.69) is 10.3 Å². The summed E-state index contributed by atoms with van der Waals surface area (Å²) in [6.45, 7) is 0. The molecular formula is C15H12F2N2O. The first kappa shape index (κ1) is 12.7. The lowest BCUT2D eigenvalue weighted by Crippen LogP contribution is -2.28. The van der Waals surface area contributed by atoms with Crippen LogP contribution in [0.2, 0.25) is 0 Å². The van der Waals surface area contributed by atoms with Gasteiger partial charge in [-0.05, 0) is 42.7 Å². The standard InChI is InChI=1S/C15H12F2N2O/c16-11-3-1-10(2-4-11)15(7-8-15)14(20)19-13-6-5-12(17)9-18-13/h1-6,9H,7-8H2,(H,18,19,20). The van der Waals surface area contributed by atoms with Crippen molar-refractivity contribution >= 4 is 11.7 Å². The number of amides is 1. The van der Waals surface area contributed by atoms with Crippen LogP contribution in [0.4, 0.5) is 14.6 Å².